The average molecular weight is 484 g/mol. The summed E-state index contributed by atoms with van der Waals surface area (Å²) in [4.78, 5) is 15.1. The van der Waals surface area contributed by atoms with Gasteiger partial charge in [0.25, 0.3) is 15.9 Å². The van der Waals surface area contributed by atoms with Crippen molar-refractivity contribution < 1.29 is 22.4 Å². The maximum Gasteiger partial charge on any atom is 0.276 e. The molecule has 1 aromatic heterocycles. The van der Waals surface area contributed by atoms with E-state index < -0.39 is 15.9 Å². The molecule has 4 rings (SSSR count). The second kappa shape index (κ2) is 9.35. The summed E-state index contributed by atoms with van der Waals surface area (Å²) in [7, 11) is -2.57. The van der Waals surface area contributed by atoms with E-state index in [1.165, 1.54) is 31.4 Å². The van der Waals surface area contributed by atoms with Crippen molar-refractivity contribution in [3.8, 4) is 5.75 Å². The van der Waals surface area contributed by atoms with Crippen LogP contribution in [0.2, 0.25) is 5.02 Å². The topological polar surface area (TPSA) is 110 Å². The van der Waals surface area contributed by atoms with Crippen LogP contribution in [0, 0.1) is 0 Å². The van der Waals surface area contributed by atoms with Crippen molar-refractivity contribution >= 4 is 44.2 Å². The fourth-order valence-corrected chi connectivity index (χ4v) is 3.95. The van der Waals surface area contributed by atoms with Gasteiger partial charge in [0.05, 0.1) is 12.0 Å². The Kier molecular flexibility index (Phi) is 6.34. The van der Waals surface area contributed by atoms with E-state index in [9.17, 15) is 13.2 Å². The van der Waals surface area contributed by atoms with E-state index in [1.54, 1.807) is 48.5 Å². The quantitative estimate of drug-likeness (QED) is 0.400. The summed E-state index contributed by atoms with van der Waals surface area (Å²) >= 11 is 5.83. The molecule has 168 valence electrons. The summed E-state index contributed by atoms with van der Waals surface area (Å²) in [6.07, 6.45) is 0. The molecule has 0 aliphatic carbocycles. The lowest BCUT2D eigenvalue weighted by atomic mass is 10.1. The molecule has 0 saturated heterocycles. The van der Waals surface area contributed by atoms with Gasteiger partial charge in [0.1, 0.15) is 5.56 Å². The van der Waals surface area contributed by atoms with Gasteiger partial charge in [-0.2, -0.15) is 13.2 Å². The minimum atomic E-state index is -4.04. The summed E-state index contributed by atoms with van der Waals surface area (Å²) in [6.45, 7) is 0. The highest BCUT2D eigenvalue weighted by atomic mass is 35.5. The molecule has 10 heteroatoms. The third-order valence-electron chi connectivity index (χ3n) is 4.63. The van der Waals surface area contributed by atoms with Crippen LogP contribution in [0.4, 0.5) is 5.69 Å². The van der Waals surface area contributed by atoms with Gasteiger partial charge in [-0.3, -0.25) is 4.79 Å². The maximum atomic E-state index is 13.0. The van der Waals surface area contributed by atoms with Crippen molar-refractivity contribution in [1.82, 2.24) is 4.83 Å². The zero-order chi connectivity index (χ0) is 23.4. The lowest BCUT2D eigenvalue weighted by Gasteiger charge is -2.09. The number of rotatable bonds is 6. The van der Waals surface area contributed by atoms with Crippen LogP contribution in [0.1, 0.15) is 10.4 Å². The second-order valence-corrected chi connectivity index (χ2v) is 8.92. The van der Waals surface area contributed by atoms with Gasteiger partial charge < -0.3 is 14.5 Å². The summed E-state index contributed by atoms with van der Waals surface area (Å²) in [5.74, 6) is -0.126. The lowest BCUT2D eigenvalue weighted by molar-refractivity contribution is 0.102. The number of fused-ring (bicyclic) bond motifs is 1. The van der Waals surface area contributed by atoms with Gasteiger partial charge in [-0.05, 0) is 48.5 Å². The van der Waals surface area contributed by atoms with Gasteiger partial charge >= 0.3 is 0 Å². The third kappa shape index (κ3) is 5.00. The highest BCUT2D eigenvalue weighted by Crippen LogP contribution is 2.25. The van der Waals surface area contributed by atoms with E-state index in [0.717, 1.165) is 0 Å². The number of halogens is 1. The number of sulfonamides is 1. The molecule has 0 fully saturated rings. The number of para-hydroxylation sites is 2. The van der Waals surface area contributed by atoms with Crippen LogP contribution in [0.3, 0.4) is 0 Å². The molecule has 2 N–H and O–H groups in total. The Labute approximate surface area is 194 Å². The normalized spacial score (nSPS) is 11.9. The highest BCUT2D eigenvalue weighted by molar-refractivity contribution is 7.89. The van der Waals surface area contributed by atoms with Crippen molar-refractivity contribution in [2.24, 2.45) is 5.10 Å². The smallest absolute Gasteiger partial charge is 0.276 e. The summed E-state index contributed by atoms with van der Waals surface area (Å²) in [5, 5.41) is 7.62. The number of hydrogen-bond donors (Lipinski definition) is 2. The van der Waals surface area contributed by atoms with E-state index in [1.807, 2.05) is 6.07 Å². The van der Waals surface area contributed by atoms with Crippen molar-refractivity contribution in [2.45, 2.75) is 4.90 Å². The number of carbonyl (C=O) groups excluding carboxylic acids is 1. The molecule has 0 aliphatic rings. The van der Waals surface area contributed by atoms with Crippen molar-refractivity contribution in [1.29, 1.82) is 0 Å². The molecule has 33 heavy (non-hydrogen) atoms. The summed E-state index contributed by atoms with van der Waals surface area (Å²) < 4.78 is 36.5. The number of hydrogen-bond acceptors (Lipinski definition) is 6. The molecule has 0 atom stereocenters. The van der Waals surface area contributed by atoms with Crippen LogP contribution in [0.5, 0.6) is 5.75 Å². The molecule has 1 heterocycles. The zero-order valence-corrected chi connectivity index (χ0v) is 18.9. The first-order valence-electron chi connectivity index (χ1n) is 9.66. The van der Waals surface area contributed by atoms with Crippen molar-refractivity contribution in [3.05, 3.63) is 95.0 Å². The van der Waals surface area contributed by atoms with Crippen LogP contribution < -0.4 is 20.4 Å². The number of benzene rings is 3. The van der Waals surface area contributed by atoms with E-state index in [-0.39, 0.29) is 16.0 Å². The monoisotopic (exact) mass is 483 g/mol. The van der Waals surface area contributed by atoms with Crippen LogP contribution in [-0.2, 0) is 10.0 Å². The Morgan fingerprint density at radius 2 is 1.73 bits per heavy atom. The van der Waals surface area contributed by atoms with Gasteiger partial charge in [-0.25, -0.2) is 0 Å². The number of carbonyl (C=O) groups is 1. The Morgan fingerprint density at radius 3 is 2.42 bits per heavy atom. The lowest BCUT2D eigenvalue weighted by Crippen LogP contribution is -2.27. The van der Waals surface area contributed by atoms with Gasteiger partial charge in [0.15, 0.2) is 11.3 Å². The molecule has 0 aliphatic heterocycles. The van der Waals surface area contributed by atoms with E-state index in [4.69, 9.17) is 20.8 Å². The fraction of sp³-hybridized carbons (Fsp3) is 0.0435. The van der Waals surface area contributed by atoms with Crippen LogP contribution >= 0.6 is 11.6 Å². The first-order chi connectivity index (χ1) is 15.9. The number of nitrogens with zero attached hydrogens (tertiary/aromatic N) is 1. The average Bonchev–Trinajstić information content (AvgIpc) is 2.82. The Balaban J connectivity index is 1.81. The highest BCUT2D eigenvalue weighted by Gasteiger charge is 2.17. The number of ether oxygens (including phenoxy) is 1. The molecule has 0 spiro atoms. The number of nitrogens with one attached hydrogen (secondary N) is 2. The van der Waals surface area contributed by atoms with E-state index in [0.29, 0.717) is 27.4 Å². The van der Waals surface area contributed by atoms with Crippen molar-refractivity contribution in [3.63, 3.8) is 0 Å². The molecule has 4 aromatic rings. The molecule has 0 unspecified atom stereocenters. The minimum Gasteiger partial charge on any atom is -0.493 e. The molecule has 0 saturated carbocycles. The van der Waals surface area contributed by atoms with Gasteiger partial charge in [0, 0.05) is 16.1 Å². The Morgan fingerprint density at radius 1 is 1.00 bits per heavy atom. The van der Waals surface area contributed by atoms with Crippen molar-refractivity contribution in [2.75, 3.05) is 12.4 Å². The van der Waals surface area contributed by atoms with Gasteiger partial charge in [-0.15, -0.1) is 5.10 Å². The summed E-state index contributed by atoms with van der Waals surface area (Å²) in [5.41, 5.74) is 0.651. The molecule has 0 bridgehead atoms. The largest absolute Gasteiger partial charge is 0.493 e. The van der Waals surface area contributed by atoms with Crippen LogP contribution in [-0.4, -0.2) is 21.4 Å². The predicted molar refractivity (Wildman–Crippen MR) is 124 cm³/mol. The molecule has 1 amide bonds. The van der Waals surface area contributed by atoms with E-state index >= 15 is 0 Å². The number of anilines is 1. The number of methoxy groups -OCH3 is 1. The third-order valence-corrected chi connectivity index (χ3v) is 6.10. The molecule has 8 nitrogen and oxygen atoms in total. The second-order valence-electron chi connectivity index (χ2n) is 6.82. The number of amides is 1. The first kappa shape index (κ1) is 22.4. The fourth-order valence-electron chi connectivity index (χ4n) is 3.02. The zero-order valence-electron chi connectivity index (χ0n) is 17.3. The Hall–Kier alpha value is -3.82. The predicted octanol–water partition coefficient (Wildman–Crippen LogP) is 4.14. The first-order valence-corrected chi connectivity index (χ1v) is 11.5. The SMILES string of the molecule is COc1cccc2cc(C(=O)Nc3ccccc3)c(=NNS(=O)(=O)c3ccc(Cl)cc3)oc12. The summed E-state index contributed by atoms with van der Waals surface area (Å²) in [6, 6.07) is 21.1. The standard InChI is InChI=1S/C23H18ClN3O5S/c1-31-20-9-5-6-15-14-19(22(28)25-17-7-3-2-4-8-17)23(32-21(15)20)26-27-33(29,30)18-12-10-16(24)11-13-18/h2-14,27H,1H3,(H,25,28). The molecule has 3 aromatic carbocycles. The Bertz CT molecular complexity index is 1480. The minimum absolute atomic E-state index is 0.0263. The molecular formula is C23H18ClN3O5S. The van der Waals surface area contributed by atoms with Crippen LogP contribution in [0.25, 0.3) is 11.0 Å². The molecule has 0 radical (unpaired) electrons. The maximum absolute atomic E-state index is 13.0. The van der Waals surface area contributed by atoms with Gasteiger partial charge in [-0.1, -0.05) is 41.9 Å². The van der Waals surface area contributed by atoms with Gasteiger partial charge in [0.2, 0.25) is 5.55 Å². The van der Waals surface area contributed by atoms with Crippen LogP contribution in [0.15, 0.2) is 93.3 Å². The molecular weight excluding hydrogens is 466 g/mol. The van der Waals surface area contributed by atoms with E-state index in [2.05, 4.69) is 15.2 Å².